The molecule has 3 nitrogen and oxygen atoms in total. The molecule has 1 aromatic rings. The molecule has 2 heterocycles. The van der Waals surface area contributed by atoms with E-state index in [1.165, 1.54) is 0 Å². The molecule has 1 amide bonds. The van der Waals surface area contributed by atoms with E-state index in [-0.39, 0.29) is 11.7 Å². The number of aryl methyl sites for hydroxylation is 2. The van der Waals surface area contributed by atoms with Gasteiger partial charge in [-0.1, -0.05) is 23.8 Å². The molecule has 2 aliphatic rings. The highest BCUT2D eigenvalue weighted by Crippen LogP contribution is 2.39. The van der Waals surface area contributed by atoms with Gasteiger partial charge in [0.25, 0.3) is 0 Å². The van der Waals surface area contributed by atoms with Crippen LogP contribution in [0.2, 0.25) is 0 Å². The first-order valence-corrected chi connectivity index (χ1v) is 8.20. The number of carbonyl (C=O) groups excluding carboxylic acids is 2. The van der Waals surface area contributed by atoms with E-state index in [0.717, 1.165) is 41.0 Å². The Balaban J connectivity index is 1.98. The molecule has 20 heavy (non-hydrogen) atoms. The molecule has 0 bridgehead atoms. The average Bonchev–Trinajstić information content (AvgIpc) is 2.63. The van der Waals surface area contributed by atoms with Crippen LogP contribution in [-0.2, 0) is 9.59 Å². The largest absolute Gasteiger partial charge is 0.343 e. The van der Waals surface area contributed by atoms with Crippen molar-refractivity contribution in [3.8, 4) is 0 Å². The molecule has 4 heteroatoms. The van der Waals surface area contributed by atoms with Crippen LogP contribution in [0.5, 0.6) is 0 Å². The summed E-state index contributed by atoms with van der Waals surface area (Å²) in [5.41, 5.74) is 2.46. The van der Waals surface area contributed by atoms with Crippen LogP contribution in [0.25, 0.3) is 0 Å². The van der Waals surface area contributed by atoms with Crippen molar-refractivity contribution in [3.05, 3.63) is 34.9 Å². The highest BCUT2D eigenvalue weighted by Gasteiger charge is 2.53. The molecule has 0 aliphatic carbocycles. The minimum absolute atomic E-state index is 0.0785. The molecule has 3 rings (SSSR count). The maximum absolute atomic E-state index is 12.8. The third kappa shape index (κ3) is 2.06. The maximum atomic E-state index is 12.8. The van der Waals surface area contributed by atoms with Crippen molar-refractivity contribution >= 4 is 23.5 Å². The Bertz CT molecular complexity index is 576. The molecule has 0 radical (unpaired) electrons. The van der Waals surface area contributed by atoms with Crippen LogP contribution < -0.4 is 5.32 Å². The SMILES string of the molecule is Cc1ccc(C2C(=O)NC3(CCSCC3)C2=O)c(C)c1. The van der Waals surface area contributed by atoms with Gasteiger partial charge in [-0.2, -0.15) is 11.8 Å². The standard InChI is InChI=1S/C16H19NO2S/c1-10-3-4-12(11(2)9-10)13-14(18)16(17-15(13)19)5-7-20-8-6-16/h3-4,9,13H,5-8H2,1-2H3,(H,17,19). The molecule has 0 saturated carbocycles. The van der Waals surface area contributed by atoms with Gasteiger partial charge in [0.05, 0.1) is 0 Å². The predicted octanol–water partition coefficient (Wildman–Crippen LogP) is 2.35. The second-order valence-electron chi connectivity index (χ2n) is 5.84. The van der Waals surface area contributed by atoms with Gasteiger partial charge in [0.2, 0.25) is 5.91 Å². The van der Waals surface area contributed by atoms with Gasteiger partial charge in [-0.15, -0.1) is 0 Å². The lowest BCUT2D eigenvalue weighted by Crippen LogP contribution is -2.49. The van der Waals surface area contributed by atoms with Gasteiger partial charge < -0.3 is 5.32 Å². The molecular weight excluding hydrogens is 270 g/mol. The first kappa shape index (κ1) is 13.7. The summed E-state index contributed by atoms with van der Waals surface area (Å²) < 4.78 is 0. The first-order chi connectivity index (χ1) is 9.53. The van der Waals surface area contributed by atoms with Crippen LogP contribution in [-0.4, -0.2) is 28.7 Å². The Morgan fingerprint density at radius 1 is 1.20 bits per heavy atom. The maximum Gasteiger partial charge on any atom is 0.235 e. The summed E-state index contributed by atoms with van der Waals surface area (Å²) in [5, 5.41) is 3.01. The van der Waals surface area contributed by atoms with Crippen molar-refractivity contribution in [1.82, 2.24) is 5.32 Å². The monoisotopic (exact) mass is 289 g/mol. The zero-order chi connectivity index (χ0) is 14.3. The molecular formula is C16H19NO2S. The molecule has 1 spiro atoms. The van der Waals surface area contributed by atoms with Crippen molar-refractivity contribution in [2.75, 3.05) is 11.5 Å². The Morgan fingerprint density at radius 3 is 2.55 bits per heavy atom. The van der Waals surface area contributed by atoms with Crippen molar-refractivity contribution in [1.29, 1.82) is 0 Å². The second kappa shape index (κ2) is 4.92. The minimum Gasteiger partial charge on any atom is -0.343 e. The van der Waals surface area contributed by atoms with E-state index in [1.807, 2.05) is 43.8 Å². The van der Waals surface area contributed by atoms with Gasteiger partial charge in [0, 0.05) is 0 Å². The van der Waals surface area contributed by atoms with E-state index in [0.29, 0.717) is 0 Å². The third-order valence-corrected chi connectivity index (χ3v) is 5.43. The number of rotatable bonds is 1. The highest BCUT2D eigenvalue weighted by molar-refractivity contribution is 7.99. The van der Waals surface area contributed by atoms with Gasteiger partial charge in [-0.25, -0.2) is 0 Å². The van der Waals surface area contributed by atoms with Gasteiger partial charge in [0.1, 0.15) is 11.5 Å². The molecule has 2 fully saturated rings. The molecule has 2 saturated heterocycles. The van der Waals surface area contributed by atoms with Gasteiger partial charge in [-0.05, 0) is 49.3 Å². The number of hydrogen-bond donors (Lipinski definition) is 1. The summed E-state index contributed by atoms with van der Waals surface area (Å²) in [4.78, 5) is 25.2. The number of thioether (sulfide) groups is 1. The van der Waals surface area contributed by atoms with Gasteiger partial charge >= 0.3 is 0 Å². The molecule has 106 valence electrons. The van der Waals surface area contributed by atoms with E-state index in [4.69, 9.17) is 0 Å². The molecule has 1 unspecified atom stereocenters. The van der Waals surface area contributed by atoms with Crippen molar-refractivity contribution in [2.45, 2.75) is 38.1 Å². The van der Waals surface area contributed by atoms with Crippen LogP contribution in [0.15, 0.2) is 18.2 Å². The Morgan fingerprint density at radius 2 is 1.90 bits per heavy atom. The number of hydrogen-bond acceptors (Lipinski definition) is 3. The van der Waals surface area contributed by atoms with Crippen LogP contribution in [0.4, 0.5) is 0 Å². The van der Waals surface area contributed by atoms with Crippen LogP contribution >= 0.6 is 11.8 Å². The lowest BCUT2D eigenvalue weighted by atomic mass is 9.82. The van der Waals surface area contributed by atoms with Crippen LogP contribution in [0.3, 0.4) is 0 Å². The van der Waals surface area contributed by atoms with Crippen LogP contribution in [0, 0.1) is 13.8 Å². The molecule has 1 atom stereocenters. The van der Waals surface area contributed by atoms with Crippen molar-refractivity contribution in [2.24, 2.45) is 0 Å². The Kier molecular flexibility index (Phi) is 3.36. The number of carbonyl (C=O) groups is 2. The van der Waals surface area contributed by atoms with E-state index in [9.17, 15) is 9.59 Å². The average molecular weight is 289 g/mol. The summed E-state index contributed by atoms with van der Waals surface area (Å²) in [5.74, 6) is 1.25. The minimum atomic E-state index is -0.612. The van der Waals surface area contributed by atoms with Crippen molar-refractivity contribution < 1.29 is 9.59 Å². The molecule has 1 aromatic carbocycles. The van der Waals surface area contributed by atoms with Crippen molar-refractivity contribution in [3.63, 3.8) is 0 Å². The van der Waals surface area contributed by atoms with Crippen LogP contribution in [0.1, 0.15) is 35.4 Å². The zero-order valence-corrected chi connectivity index (χ0v) is 12.7. The first-order valence-electron chi connectivity index (χ1n) is 7.05. The van der Waals surface area contributed by atoms with E-state index < -0.39 is 11.5 Å². The number of Topliss-reactive ketones (excluding diaryl/α,β-unsaturated/α-hetero) is 1. The number of nitrogens with one attached hydrogen (secondary N) is 1. The number of ketones is 1. The third-order valence-electron chi connectivity index (χ3n) is 4.44. The zero-order valence-electron chi connectivity index (χ0n) is 11.9. The number of benzene rings is 1. The van der Waals surface area contributed by atoms with Gasteiger partial charge in [0.15, 0.2) is 5.78 Å². The smallest absolute Gasteiger partial charge is 0.235 e. The highest BCUT2D eigenvalue weighted by atomic mass is 32.2. The lowest BCUT2D eigenvalue weighted by molar-refractivity contribution is -0.125. The summed E-state index contributed by atoms with van der Waals surface area (Å²) in [7, 11) is 0. The molecule has 1 N–H and O–H groups in total. The van der Waals surface area contributed by atoms with E-state index >= 15 is 0 Å². The fourth-order valence-electron chi connectivity index (χ4n) is 3.29. The van der Waals surface area contributed by atoms with E-state index in [2.05, 4.69) is 5.32 Å². The normalized spacial score (nSPS) is 25.0. The topological polar surface area (TPSA) is 46.2 Å². The molecule has 0 aromatic heterocycles. The fourth-order valence-corrected chi connectivity index (χ4v) is 4.48. The summed E-state index contributed by atoms with van der Waals surface area (Å²) >= 11 is 1.86. The summed E-state index contributed by atoms with van der Waals surface area (Å²) in [6.45, 7) is 4.00. The quantitative estimate of drug-likeness (QED) is 0.807. The summed E-state index contributed by atoms with van der Waals surface area (Å²) in [6.07, 6.45) is 1.54. The second-order valence-corrected chi connectivity index (χ2v) is 7.07. The molecule has 2 aliphatic heterocycles. The Hall–Kier alpha value is -1.29. The predicted molar refractivity (Wildman–Crippen MR) is 81.1 cm³/mol. The van der Waals surface area contributed by atoms with E-state index in [1.54, 1.807) is 0 Å². The van der Waals surface area contributed by atoms with Gasteiger partial charge in [-0.3, -0.25) is 9.59 Å². The number of amides is 1. The fraction of sp³-hybridized carbons (Fsp3) is 0.500. The lowest BCUT2D eigenvalue weighted by Gasteiger charge is -2.31. The summed E-state index contributed by atoms with van der Waals surface area (Å²) in [6, 6.07) is 5.95. The Labute approximate surface area is 123 Å².